The van der Waals surface area contributed by atoms with Crippen molar-refractivity contribution >= 4 is 23.7 Å². The second kappa shape index (κ2) is 12.8. The molecule has 0 saturated carbocycles. The number of rotatable bonds is 12. The van der Waals surface area contributed by atoms with Crippen LogP contribution in [-0.4, -0.2) is 53.0 Å². The van der Waals surface area contributed by atoms with Crippen molar-refractivity contribution in [2.75, 3.05) is 0 Å². The lowest BCUT2D eigenvalue weighted by Crippen LogP contribution is -2.59. The van der Waals surface area contributed by atoms with E-state index in [1.807, 2.05) is 37.3 Å². The van der Waals surface area contributed by atoms with E-state index in [-0.39, 0.29) is 18.3 Å². The van der Waals surface area contributed by atoms with Gasteiger partial charge in [-0.05, 0) is 24.3 Å². The first-order chi connectivity index (χ1) is 15.0. The van der Waals surface area contributed by atoms with E-state index in [0.29, 0.717) is 6.42 Å². The molecule has 0 aliphatic rings. The lowest BCUT2D eigenvalue weighted by Gasteiger charge is -2.28. The third-order valence-corrected chi connectivity index (χ3v) is 5.35. The Bertz CT molecular complexity index is 782. The Balaban J connectivity index is 3.09. The number of carbonyl (C=O) groups is 4. The van der Waals surface area contributed by atoms with Gasteiger partial charge in [-0.25, -0.2) is 4.79 Å². The van der Waals surface area contributed by atoms with Gasteiger partial charge in [-0.2, -0.15) is 0 Å². The van der Waals surface area contributed by atoms with Crippen LogP contribution in [-0.2, 0) is 25.6 Å². The van der Waals surface area contributed by atoms with Crippen LogP contribution in [0.5, 0.6) is 0 Å². The normalized spacial score (nSPS) is 15.7. The summed E-state index contributed by atoms with van der Waals surface area (Å²) in [5, 5.41) is 17.3. The fourth-order valence-electron chi connectivity index (χ4n) is 3.07. The van der Waals surface area contributed by atoms with Crippen LogP contribution in [0.1, 0.15) is 46.6 Å². The number of aliphatic carboxylic acids is 1. The Kier molecular flexibility index (Phi) is 10.8. The number of carboxylic acids is 1. The molecule has 0 bridgehead atoms. The predicted molar refractivity (Wildman–Crippen MR) is 122 cm³/mol. The van der Waals surface area contributed by atoms with E-state index in [4.69, 9.17) is 5.73 Å². The fourth-order valence-corrected chi connectivity index (χ4v) is 3.07. The molecule has 0 fully saturated rings. The summed E-state index contributed by atoms with van der Waals surface area (Å²) in [5.74, 6) is -3.35. The molecule has 9 heteroatoms. The molecule has 0 aliphatic carbocycles. The number of amides is 3. The maximum atomic E-state index is 13.1. The smallest absolute Gasteiger partial charge is 0.326 e. The van der Waals surface area contributed by atoms with Crippen molar-refractivity contribution in [3.05, 3.63) is 35.9 Å². The minimum atomic E-state index is -1.14. The minimum Gasteiger partial charge on any atom is -0.480 e. The summed E-state index contributed by atoms with van der Waals surface area (Å²) in [4.78, 5) is 49.7. The average molecular weight is 449 g/mol. The van der Waals surface area contributed by atoms with Gasteiger partial charge in [-0.15, -0.1) is 0 Å². The van der Waals surface area contributed by atoms with Gasteiger partial charge in [0.15, 0.2) is 0 Å². The van der Waals surface area contributed by atoms with Gasteiger partial charge in [-0.3, -0.25) is 14.4 Å². The van der Waals surface area contributed by atoms with Gasteiger partial charge in [0.1, 0.15) is 18.1 Å². The molecule has 3 amide bonds. The Morgan fingerprint density at radius 1 is 0.875 bits per heavy atom. The molecular formula is C23H36N4O5. The molecule has 9 nitrogen and oxygen atoms in total. The van der Waals surface area contributed by atoms with Crippen LogP contribution in [0.3, 0.4) is 0 Å². The summed E-state index contributed by atoms with van der Waals surface area (Å²) in [6.07, 6.45) is 0.789. The van der Waals surface area contributed by atoms with Crippen molar-refractivity contribution in [1.29, 1.82) is 0 Å². The van der Waals surface area contributed by atoms with Gasteiger partial charge in [-0.1, -0.05) is 64.4 Å². The van der Waals surface area contributed by atoms with Gasteiger partial charge in [0, 0.05) is 6.42 Å². The molecule has 5 unspecified atom stereocenters. The highest BCUT2D eigenvalue weighted by molar-refractivity contribution is 5.94. The van der Waals surface area contributed by atoms with Crippen molar-refractivity contribution in [2.24, 2.45) is 17.6 Å². The summed E-state index contributed by atoms with van der Waals surface area (Å²) >= 11 is 0. The molecule has 6 N–H and O–H groups in total. The number of carbonyl (C=O) groups excluding carboxylic acids is 3. The molecule has 0 saturated heterocycles. The van der Waals surface area contributed by atoms with Gasteiger partial charge in [0.25, 0.3) is 0 Å². The Morgan fingerprint density at radius 2 is 1.44 bits per heavy atom. The molecular weight excluding hydrogens is 412 g/mol. The molecule has 178 valence electrons. The topological polar surface area (TPSA) is 151 Å². The van der Waals surface area contributed by atoms with Gasteiger partial charge >= 0.3 is 5.97 Å². The molecule has 32 heavy (non-hydrogen) atoms. The van der Waals surface area contributed by atoms with Crippen LogP contribution in [0.2, 0.25) is 0 Å². The van der Waals surface area contributed by atoms with Crippen LogP contribution in [0.15, 0.2) is 30.3 Å². The third kappa shape index (κ3) is 8.30. The third-order valence-electron chi connectivity index (χ3n) is 5.35. The first kappa shape index (κ1) is 27.1. The summed E-state index contributed by atoms with van der Waals surface area (Å²) in [5.41, 5.74) is 6.47. The standard InChI is InChI=1S/C23H36N4O5/c1-6-14(4)19(22(30)26-18(13(2)3)23(31)32)27-21(29)17(25-20(28)15(5)24)12-16-10-8-7-9-11-16/h7-11,13-15,17-19H,6,12,24H2,1-5H3,(H,25,28)(H,26,30)(H,27,29)(H,31,32). The zero-order valence-electron chi connectivity index (χ0n) is 19.4. The van der Waals surface area contributed by atoms with E-state index in [1.165, 1.54) is 6.92 Å². The van der Waals surface area contributed by atoms with E-state index in [0.717, 1.165) is 5.56 Å². The van der Waals surface area contributed by atoms with Crippen molar-refractivity contribution in [1.82, 2.24) is 16.0 Å². The van der Waals surface area contributed by atoms with Crippen LogP contribution < -0.4 is 21.7 Å². The zero-order chi connectivity index (χ0) is 24.4. The van der Waals surface area contributed by atoms with Crippen LogP contribution in [0.25, 0.3) is 0 Å². The Morgan fingerprint density at radius 3 is 1.91 bits per heavy atom. The summed E-state index contributed by atoms with van der Waals surface area (Å²) < 4.78 is 0. The number of benzene rings is 1. The zero-order valence-corrected chi connectivity index (χ0v) is 19.4. The van der Waals surface area contributed by atoms with Crippen LogP contribution >= 0.6 is 0 Å². The molecule has 1 rings (SSSR count). The summed E-state index contributed by atoms with van der Waals surface area (Å²) in [7, 11) is 0. The van der Waals surface area contributed by atoms with Gasteiger partial charge in [0.2, 0.25) is 17.7 Å². The molecule has 1 aromatic rings. The van der Waals surface area contributed by atoms with Crippen molar-refractivity contribution in [2.45, 2.75) is 71.6 Å². The van der Waals surface area contributed by atoms with E-state index in [9.17, 15) is 24.3 Å². The maximum Gasteiger partial charge on any atom is 0.326 e. The van der Waals surface area contributed by atoms with Gasteiger partial charge < -0.3 is 26.8 Å². The van der Waals surface area contributed by atoms with Crippen molar-refractivity contribution in [3.8, 4) is 0 Å². The molecule has 0 radical (unpaired) electrons. The van der Waals surface area contributed by atoms with Crippen molar-refractivity contribution in [3.63, 3.8) is 0 Å². The highest BCUT2D eigenvalue weighted by atomic mass is 16.4. The van der Waals surface area contributed by atoms with Crippen LogP contribution in [0, 0.1) is 11.8 Å². The second-order valence-electron chi connectivity index (χ2n) is 8.48. The van der Waals surface area contributed by atoms with E-state index in [1.54, 1.807) is 20.8 Å². The van der Waals surface area contributed by atoms with E-state index in [2.05, 4.69) is 16.0 Å². The monoisotopic (exact) mass is 448 g/mol. The Hall–Kier alpha value is -2.94. The molecule has 5 atom stereocenters. The van der Waals surface area contributed by atoms with Crippen LogP contribution in [0.4, 0.5) is 0 Å². The number of nitrogens with two attached hydrogens (primary N) is 1. The summed E-state index contributed by atoms with van der Waals surface area (Å²) in [6, 6.07) is 5.36. The first-order valence-corrected chi connectivity index (χ1v) is 10.9. The number of carboxylic acid groups (broad SMARTS) is 1. The Labute approximate surface area is 189 Å². The number of hydrogen-bond acceptors (Lipinski definition) is 5. The lowest BCUT2D eigenvalue weighted by atomic mass is 9.96. The average Bonchev–Trinajstić information content (AvgIpc) is 2.74. The van der Waals surface area contributed by atoms with Crippen molar-refractivity contribution < 1.29 is 24.3 Å². The molecule has 0 heterocycles. The number of nitrogens with one attached hydrogen (secondary N) is 3. The summed E-state index contributed by atoms with van der Waals surface area (Å²) in [6.45, 7) is 8.56. The minimum absolute atomic E-state index is 0.212. The second-order valence-corrected chi connectivity index (χ2v) is 8.48. The van der Waals surface area contributed by atoms with E-state index >= 15 is 0 Å². The fraction of sp³-hybridized carbons (Fsp3) is 0.565. The molecule has 0 aromatic heterocycles. The van der Waals surface area contributed by atoms with E-state index < -0.39 is 47.9 Å². The van der Waals surface area contributed by atoms with Gasteiger partial charge in [0.05, 0.1) is 6.04 Å². The molecule has 1 aromatic carbocycles. The largest absolute Gasteiger partial charge is 0.480 e. The predicted octanol–water partition coefficient (Wildman–Crippen LogP) is 0.817. The maximum absolute atomic E-state index is 13.1. The SMILES string of the molecule is CCC(C)C(NC(=O)C(Cc1ccccc1)NC(=O)C(C)N)C(=O)NC(C(=O)O)C(C)C. The molecule has 0 spiro atoms. The molecule has 0 aliphatic heterocycles. The number of hydrogen-bond donors (Lipinski definition) is 5. The lowest BCUT2D eigenvalue weighted by molar-refractivity contribution is -0.144. The highest BCUT2D eigenvalue weighted by Crippen LogP contribution is 2.12. The first-order valence-electron chi connectivity index (χ1n) is 10.9. The highest BCUT2D eigenvalue weighted by Gasteiger charge is 2.33. The quantitative estimate of drug-likeness (QED) is 0.319.